The zero-order chi connectivity index (χ0) is 25.8. The molecule has 188 valence electrons. The number of nitrogens with one attached hydrogen (secondary N) is 3. The number of benzene rings is 2. The zero-order valence-electron chi connectivity index (χ0n) is 20.9. The molecule has 0 fully saturated rings. The van der Waals surface area contributed by atoms with Crippen molar-refractivity contribution in [3.8, 4) is 28.3 Å². The SMILES string of the molecule is CCC(C)(C)NC(=O)COc1cccc(-c2nc(Nc3ccc(-c4cn[nH]c4)cc3)c3sccc3n2)c1. The van der Waals surface area contributed by atoms with Gasteiger partial charge in [0.05, 0.1) is 16.4 Å². The molecule has 0 aliphatic carbocycles. The number of anilines is 2. The van der Waals surface area contributed by atoms with E-state index >= 15 is 0 Å². The van der Waals surface area contributed by atoms with Gasteiger partial charge in [-0.25, -0.2) is 9.97 Å². The molecule has 0 aliphatic heterocycles. The second kappa shape index (κ2) is 10.4. The van der Waals surface area contributed by atoms with Gasteiger partial charge in [-0.2, -0.15) is 5.10 Å². The third-order valence-electron chi connectivity index (χ3n) is 6.11. The Morgan fingerprint density at radius 3 is 2.65 bits per heavy atom. The van der Waals surface area contributed by atoms with Crippen LogP contribution in [0.15, 0.2) is 72.4 Å². The van der Waals surface area contributed by atoms with Crippen LogP contribution in [0.1, 0.15) is 27.2 Å². The predicted molar refractivity (Wildman–Crippen MR) is 148 cm³/mol. The molecule has 0 unspecified atom stereocenters. The van der Waals surface area contributed by atoms with Crippen LogP contribution in [0.25, 0.3) is 32.7 Å². The summed E-state index contributed by atoms with van der Waals surface area (Å²) in [4.78, 5) is 21.9. The van der Waals surface area contributed by atoms with Gasteiger partial charge in [0.15, 0.2) is 18.2 Å². The van der Waals surface area contributed by atoms with E-state index in [1.165, 1.54) is 0 Å². The number of hydrogen-bond acceptors (Lipinski definition) is 7. The van der Waals surface area contributed by atoms with E-state index in [-0.39, 0.29) is 18.1 Å². The summed E-state index contributed by atoms with van der Waals surface area (Å²) in [5.41, 5.74) is 4.43. The Bertz CT molecular complexity index is 1510. The number of rotatable bonds is 9. The lowest BCUT2D eigenvalue weighted by Crippen LogP contribution is -2.44. The molecule has 8 nitrogen and oxygen atoms in total. The molecular formula is C28H28N6O2S. The highest BCUT2D eigenvalue weighted by Gasteiger charge is 2.18. The normalized spacial score (nSPS) is 11.4. The van der Waals surface area contributed by atoms with Crippen LogP contribution in [0.4, 0.5) is 11.5 Å². The number of carbonyl (C=O) groups excluding carboxylic acids is 1. The first-order valence-corrected chi connectivity index (χ1v) is 12.9. The first kappa shape index (κ1) is 24.5. The van der Waals surface area contributed by atoms with Gasteiger partial charge in [0.1, 0.15) is 5.75 Å². The van der Waals surface area contributed by atoms with Gasteiger partial charge >= 0.3 is 0 Å². The number of carbonyl (C=O) groups is 1. The summed E-state index contributed by atoms with van der Waals surface area (Å²) in [6.07, 6.45) is 4.50. The van der Waals surface area contributed by atoms with Crippen molar-refractivity contribution in [2.45, 2.75) is 32.7 Å². The van der Waals surface area contributed by atoms with Crippen molar-refractivity contribution in [1.29, 1.82) is 0 Å². The molecule has 0 aliphatic rings. The molecule has 0 saturated heterocycles. The van der Waals surface area contributed by atoms with Crippen LogP contribution in [-0.4, -0.2) is 38.2 Å². The summed E-state index contributed by atoms with van der Waals surface area (Å²) in [5, 5.41) is 15.3. The minimum atomic E-state index is -0.269. The highest BCUT2D eigenvalue weighted by atomic mass is 32.1. The largest absolute Gasteiger partial charge is 0.484 e. The monoisotopic (exact) mass is 512 g/mol. The van der Waals surface area contributed by atoms with E-state index in [1.54, 1.807) is 17.5 Å². The van der Waals surface area contributed by atoms with Gasteiger partial charge in [-0.05, 0) is 61.5 Å². The van der Waals surface area contributed by atoms with Gasteiger partial charge < -0.3 is 15.4 Å². The number of aromatic amines is 1. The summed E-state index contributed by atoms with van der Waals surface area (Å²) < 4.78 is 6.75. The van der Waals surface area contributed by atoms with E-state index in [9.17, 15) is 4.79 Å². The van der Waals surface area contributed by atoms with Crippen LogP contribution in [0, 0.1) is 0 Å². The Balaban J connectivity index is 1.36. The molecular weight excluding hydrogens is 484 g/mol. The molecule has 0 saturated carbocycles. The smallest absolute Gasteiger partial charge is 0.258 e. The van der Waals surface area contributed by atoms with Crippen LogP contribution < -0.4 is 15.4 Å². The van der Waals surface area contributed by atoms with Crippen molar-refractivity contribution < 1.29 is 9.53 Å². The van der Waals surface area contributed by atoms with E-state index in [1.807, 2.05) is 86.9 Å². The van der Waals surface area contributed by atoms with Crippen molar-refractivity contribution in [3.05, 3.63) is 72.4 Å². The first-order valence-electron chi connectivity index (χ1n) is 12.1. The number of nitrogens with zero attached hydrogens (tertiary/aromatic N) is 3. The highest BCUT2D eigenvalue weighted by Crippen LogP contribution is 2.32. The van der Waals surface area contributed by atoms with Crippen LogP contribution in [0.5, 0.6) is 5.75 Å². The van der Waals surface area contributed by atoms with Gasteiger partial charge in [-0.3, -0.25) is 9.89 Å². The molecule has 0 spiro atoms. The van der Waals surface area contributed by atoms with Crippen molar-refractivity contribution >= 4 is 39.0 Å². The molecule has 3 aromatic heterocycles. The minimum Gasteiger partial charge on any atom is -0.484 e. The fourth-order valence-electron chi connectivity index (χ4n) is 3.74. The Labute approximate surface area is 219 Å². The lowest BCUT2D eigenvalue weighted by atomic mass is 10.0. The Hall–Kier alpha value is -4.24. The number of fused-ring (bicyclic) bond motifs is 1. The maximum Gasteiger partial charge on any atom is 0.258 e. The van der Waals surface area contributed by atoms with Gasteiger partial charge in [-0.15, -0.1) is 11.3 Å². The average Bonchev–Trinajstić information content (AvgIpc) is 3.61. The predicted octanol–water partition coefficient (Wildman–Crippen LogP) is 6.18. The summed E-state index contributed by atoms with van der Waals surface area (Å²) in [6.45, 7) is 5.96. The fraction of sp³-hybridized carbons (Fsp3) is 0.214. The maximum absolute atomic E-state index is 12.3. The molecule has 3 N–H and O–H groups in total. The Kier molecular flexibility index (Phi) is 6.87. The van der Waals surface area contributed by atoms with E-state index in [2.05, 4.69) is 20.8 Å². The van der Waals surface area contributed by atoms with Crippen molar-refractivity contribution in [2.75, 3.05) is 11.9 Å². The van der Waals surface area contributed by atoms with E-state index in [0.717, 1.165) is 44.8 Å². The fourth-order valence-corrected chi connectivity index (χ4v) is 4.52. The van der Waals surface area contributed by atoms with Crippen LogP contribution in [0.2, 0.25) is 0 Å². The maximum atomic E-state index is 12.3. The molecule has 37 heavy (non-hydrogen) atoms. The third-order valence-corrected chi connectivity index (χ3v) is 7.02. The Morgan fingerprint density at radius 2 is 1.89 bits per heavy atom. The van der Waals surface area contributed by atoms with Gasteiger partial charge in [0, 0.05) is 28.6 Å². The molecule has 5 aromatic rings. The zero-order valence-corrected chi connectivity index (χ0v) is 21.7. The first-order chi connectivity index (χ1) is 17.9. The molecule has 0 atom stereocenters. The van der Waals surface area contributed by atoms with Crippen LogP contribution >= 0.6 is 11.3 Å². The van der Waals surface area contributed by atoms with E-state index < -0.39 is 0 Å². The minimum absolute atomic E-state index is 0.0566. The molecule has 0 bridgehead atoms. The lowest BCUT2D eigenvalue weighted by molar-refractivity contribution is -0.124. The standard InChI is InChI=1S/C28H28N6O2S/c1-4-28(2,3)34-24(35)17-36-22-7-5-6-19(14-22)26-32-23-12-13-37-25(23)27(33-26)31-21-10-8-18(9-11-21)20-15-29-30-16-20/h5-16H,4,17H2,1-3H3,(H,29,30)(H,34,35)(H,31,32,33). The third kappa shape index (κ3) is 5.78. The number of aromatic nitrogens is 4. The van der Waals surface area contributed by atoms with Crippen LogP contribution in [-0.2, 0) is 4.79 Å². The Morgan fingerprint density at radius 1 is 1.05 bits per heavy atom. The molecule has 9 heteroatoms. The molecule has 1 amide bonds. The molecule has 3 heterocycles. The van der Waals surface area contributed by atoms with Gasteiger partial charge in [0.25, 0.3) is 5.91 Å². The van der Waals surface area contributed by atoms with E-state index in [0.29, 0.717) is 11.6 Å². The molecule has 0 radical (unpaired) electrons. The number of amides is 1. The molecule has 2 aromatic carbocycles. The summed E-state index contributed by atoms with van der Waals surface area (Å²) >= 11 is 1.59. The number of ether oxygens (including phenoxy) is 1. The van der Waals surface area contributed by atoms with Gasteiger partial charge in [0.2, 0.25) is 0 Å². The topological polar surface area (TPSA) is 105 Å². The van der Waals surface area contributed by atoms with Crippen LogP contribution in [0.3, 0.4) is 0 Å². The summed E-state index contributed by atoms with van der Waals surface area (Å²) in [6, 6.07) is 17.6. The number of H-pyrrole nitrogens is 1. The van der Waals surface area contributed by atoms with Crippen molar-refractivity contribution in [1.82, 2.24) is 25.5 Å². The second-order valence-corrected chi connectivity index (χ2v) is 10.2. The summed E-state index contributed by atoms with van der Waals surface area (Å²) in [7, 11) is 0. The van der Waals surface area contributed by atoms with E-state index in [4.69, 9.17) is 14.7 Å². The quantitative estimate of drug-likeness (QED) is 0.218. The van der Waals surface area contributed by atoms with Gasteiger partial charge in [-0.1, -0.05) is 31.2 Å². The molecule has 5 rings (SSSR count). The second-order valence-electron chi connectivity index (χ2n) is 9.32. The highest BCUT2D eigenvalue weighted by molar-refractivity contribution is 7.17. The number of hydrogen-bond donors (Lipinski definition) is 3. The lowest BCUT2D eigenvalue weighted by Gasteiger charge is -2.24. The summed E-state index contributed by atoms with van der Waals surface area (Å²) in [5.74, 6) is 1.74. The average molecular weight is 513 g/mol. The van der Waals surface area contributed by atoms with Crippen molar-refractivity contribution in [2.24, 2.45) is 0 Å². The number of thiophene rings is 1. The van der Waals surface area contributed by atoms with Crippen molar-refractivity contribution in [3.63, 3.8) is 0 Å².